The van der Waals surface area contributed by atoms with Crippen molar-refractivity contribution >= 4 is 17.4 Å². The van der Waals surface area contributed by atoms with Crippen molar-refractivity contribution in [2.45, 2.75) is 26.4 Å². The molecular formula is C14H17N5O2. The molecule has 1 atom stereocenters. The molecule has 7 nitrogen and oxygen atoms in total. The third kappa shape index (κ3) is 3.96. The molecule has 1 aromatic carbocycles. The molecule has 2 aromatic rings. The highest BCUT2D eigenvalue weighted by atomic mass is 16.2. The molecule has 0 bridgehead atoms. The van der Waals surface area contributed by atoms with Crippen LogP contribution in [0.1, 0.15) is 35.9 Å². The Bertz CT molecular complexity index is 646. The van der Waals surface area contributed by atoms with Crippen molar-refractivity contribution in [1.82, 2.24) is 15.0 Å². The summed E-state index contributed by atoms with van der Waals surface area (Å²) >= 11 is 0. The quantitative estimate of drug-likeness (QED) is 0.803. The molecule has 21 heavy (non-hydrogen) atoms. The van der Waals surface area contributed by atoms with Crippen LogP contribution in [0.15, 0.2) is 30.5 Å². The Hall–Kier alpha value is -2.54. The van der Waals surface area contributed by atoms with Crippen molar-refractivity contribution in [2.24, 2.45) is 5.73 Å². The second-order valence-electron chi connectivity index (χ2n) is 4.81. The lowest BCUT2D eigenvalue weighted by Crippen LogP contribution is -2.19. The summed E-state index contributed by atoms with van der Waals surface area (Å²) < 4.78 is 1.43. The SMILES string of the molecule is CC(=O)c1ccc(NC(=O)Cn2cc(C(C)N)nn2)cc1. The zero-order valence-electron chi connectivity index (χ0n) is 11.9. The molecule has 2 rings (SSSR count). The van der Waals surface area contributed by atoms with Gasteiger partial charge in [0.2, 0.25) is 5.91 Å². The highest BCUT2D eigenvalue weighted by molar-refractivity contribution is 5.95. The molecule has 0 radical (unpaired) electrons. The second-order valence-corrected chi connectivity index (χ2v) is 4.81. The Morgan fingerprint density at radius 1 is 1.33 bits per heavy atom. The van der Waals surface area contributed by atoms with Crippen LogP contribution in [0.2, 0.25) is 0 Å². The molecule has 1 aromatic heterocycles. The number of anilines is 1. The molecule has 1 unspecified atom stereocenters. The highest BCUT2D eigenvalue weighted by Crippen LogP contribution is 2.10. The predicted octanol–water partition coefficient (Wildman–Crippen LogP) is 1.14. The number of rotatable bonds is 5. The van der Waals surface area contributed by atoms with Crippen molar-refractivity contribution in [3.63, 3.8) is 0 Å². The van der Waals surface area contributed by atoms with Crippen LogP contribution in [0.4, 0.5) is 5.69 Å². The normalized spacial score (nSPS) is 12.0. The zero-order chi connectivity index (χ0) is 15.4. The molecule has 0 saturated heterocycles. The topological polar surface area (TPSA) is 103 Å². The van der Waals surface area contributed by atoms with E-state index in [4.69, 9.17) is 5.73 Å². The van der Waals surface area contributed by atoms with Gasteiger partial charge in [0.15, 0.2) is 5.78 Å². The summed E-state index contributed by atoms with van der Waals surface area (Å²) in [5.74, 6) is -0.245. The first-order chi connectivity index (χ1) is 9.95. The maximum Gasteiger partial charge on any atom is 0.246 e. The lowest BCUT2D eigenvalue weighted by Gasteiger charge is -2.05. The van der Waals surface area contributed by atoms with Gasteiger partial charge in [0, 0.05) is 17.3 Å². The molecule has 1 heterocycles. The molecule has 1 amide bonds. The average Bonchev–Trinajstić information content (AvgIpc) is 2.87. The maximum absolute atomic E-state index is 11.9. The van der Waals surface area contributed by atoms with Gasteiger partial charge in [-0.1, -0.05) is 5.21 Å². The average molecular weight is 287 g/mol. The largest absolute Gasteiger partial charge is 0.324 e. The summed E-state index contributed by atoms with van der Waals surface area (Å²) in [6.45, 7) is 3.34. The number of ketones is 1. The van der Waals surface area contributed by atoms with Crippen molar-refractivity contribution in [3.8, 4) is 0 Å². The molecule has 0 aliphatic heterocycles. The van der Waals surface area contributed by atoms with Crippen molar-refractivity contribution < 1.29 is 9.59 Å². The van der Waals surface area contributed by atoms with E-state index in [0.29, 0.717) is 16.9 Å². The third-order valence-electron chi connectivity index (χ3n) is 2.90. The number of nitrogens with two attached hydrogens (primary N) is 1. The van der Waals surface area contributed by atoms with E-state index in [1.807, 2.05) is 0 Å². The molecule has 110 valence electrons. The van der Waals surface area contributed by atoms with Gasteiger partial charge in [0.25, 0.3) is 0 Å². The summed E-state index contributed by atoms with van der Waals surface area (Å²) in [4.78, 5) is 23.0. The number of nitrogens with zero attached hydrogens (tertiary/aromatic N) is 3. The molecule has 0 spiro atoms. The molecule has 0 saturated carbocycles. The van der Waals surface area contributed by atoms with E-state index in [-0.39, 0.29) is 24.3 Å². The number of benzene rings is 1. The van der Waals surface area contributed by atoms with E-state index in [1.165, 1.54) is 11.6 Å². The second kappa shape index (κ2) is 6.27. The van der Waals surface area contributed by atoms with E-state index in [1.54, 1.807) is 37.4 Å². The molecule has 0 aliphatic carbocycles. The molecule has 3 N–H and O–H groups in total. The summed E-state index contributed by atoms with van der Waals surface area (Å²) in [7, 11) is 0. The Morgan fingerprint density at radius 2 is 2.00 bits per heavy atom. The molecule has 7 heteroatoms. The first-order valence-electron chi connectivity index (χ1n) is 6.52. The minimum atomic E-state index is -0.230. The fraction of sp³-hybridized carbons (Fsp3) is 0.286. The van der Waals surface area contributed by atoms with Gasteiger partial charge >= 0.3 is 0 Å². The van der Waals surface area contributed by atoms with Crippen LogP contribution in [0, 0.1) is 0 Å². The van der Waals surface area contributed by atoms with Gasteiger partial charge in [-0.25, -0.2) is 4.68 Å². The number of hydrogen-bond donors (Lipinski definition) is 2. The lowest BCUT2D eigenvalue weighted by atomic mass is 10.1. The van der Waals surface area contributed by atoms with E-state index in [2.05, 4.69) is 15.6 Å². The number of carbonyl (C=O) groups is 2. The Kier molecular flexibility index (Phi) is 4.44. The van der Waals surface area contributed by atoms with Gasteiger partial charge in [0.05, 0.1) is 11.9 Å². The number of aromatic nitrogens is 3. The number of hydrogen-bond acceptors (Lipinski definition) is 5. The van der Waals surface area contributed by atoms with Gasteiger partial charge in [-0.2, -0.15) is 0 Å². The van der Waals surface area contributed by atoms with E-state index in [9.17, 15) is 9.59 Å². The van der Waals surface area contributed by atoms with Crippen LogP contribution in [-0.2, 0) is 11.3 Å². The minimum absolute atomic E-state index is 0.0149. The first kappa shape index (κ1) is 14.9. The van der Waals surface area contributed by atoms with Gasteiger partial charge < -0.3 is 11.1 Å². The highest BCUT2D eigenvalue weighted by Gasteiger charge is 2.09. The van der Waals surface area contributed by atoms with Crippen LogP contribution in [0.5, 0.6) is 0 Å². The van der Waals surface area contributed by atoms with Gasteiger partial charge in [-0.15, -0.1) is 5.10 Å². The summed E-state index contributed by atoms with van der Waals surface area (Å²) in [6, 6.07) is 6.48. The number of nitrogens with one attached hydrogen (secondary N) is 1. The van der Waals surface area contributed by atoms with Crippen molar-refractivity contribution in [3.05, 3.63) is 41.7 Å². The van der Waals surface area contributed by atoms with Crippen LogP contribution in [-0.4, -0.2) is 26.7 Å². The lowest BCUT2D eigenvalue weighted by molar-refractivity contribution is -0.116. The Morgan fingerprint density at radius 3 is 2.52 bits per heavy atom. The van der Waals surface area contributed by atoms with Crippen LogP contribution in [0.25, 0.3) is 0 Å². The van der Waals surface area contributed by atoms with Gasteiger partial charge in [-0.05, 0) is 38.1 Å². The van der Waals surface area contributed by atoms with Crippen LogP contribution < -0.4 is 11.1 Å². The third-order valence-corrected chi connectivity index (χ3v) is 2.90. The van der Waals surface area contributed by atoms with Gasteiger partial charge in [-0.3, -0.25) is 9.59 Å². The summed E-state index contributed by atoms with van der Waals surface area (Å²) in [5, 5.41) is 10.4. The fourth-order valence-electron chi connectivity index (χ4n) is 1.74. The van der Waals surface area contributed by atoms with E-state index < -0.39 is 0 Å². The molecular weight excluding hydrogens is 270 g/mol. The fourth-order valence-corrected chi connectivity index (χ4v) is 1.74. The first-order valence-corrected chi connectivity index (χ1v) is 6.52. The number of carbonyl (C=O) groups excluding carboxylic acids is 2. The smallest absolute Gasteiger partial charge is 0.246 e. The minimum Gasteiger partial charge on any atom is -0.324 e. The van der Waals surface area contributed by atoms with Gasteiger partial charge in [0.1, 0.15) is 6.54 Å². The monoisotopic (exact) mass is 287 g/mol. The molecule has 0 fully saturated rings. The summed E-state index contributed by atoms with van der Waals surface area (Å²) in [5.41, 5.74) is 7.53. The van der Waals surface area contributed by atoms with E-state index in [0.717, 1.165) is 0 Å². The number of amides is 1. The maximum atomic E-state index is 11.9. The van der Waals surface area contributed by atoms with Crippen molar-refractivity contribution in [1.29, 1.82) is 0 Å². The number of Topliss-reactive ketones (excluding diaryl/α,β-unsaturated/α-hetero) is 1. The summed E-state index contributed by atoms with van der Waals surface area (Å²) in [6.07, 6.45) is 1.64. The molecule has 0 aliphatic rings. The standard InChI is InChI=1S/C14H17N5O2/c1-9(15)13-7-19(18-17-13)8-14(21)16-12-5-3-11(4-6-12)10(2)20/h3-7,9H,8,15H2,1-2H3,(H,16,21). The predicted molar refractivity (Wildman–Crippen MR) is 77.7 cm³/mol. The zero-order valence-corrected chi connectivity index (χ0v) is 11.9. The van der Waals surface area contributed by atoms with E-state index >= 15 is 0 Å². The Labute approximate surface area is 122 Å². The Balaban J connectivity index is 1.96. The van der Waals surface area contributed by atoms with Crippen LogP contribution >= 0.6 is 0 Å². The van der Waals surface area contributed by atoms with Crippen LogP contribution in [0.3, 0.4) is 0 Å². The van der Waals surface area contributed by atoms with Crippen molar-refractivity contribution in [2.75, 3.05) is 5.32 Å².